The number of carboxylic acids is 1. The predicted octanol–water partition coefficient (Wildman–Crippen LogP) is 0.443. The van der Waals surface area contributed by atoms with Crippen molar-refractivity contribution in [2.75, 3.05) is 0 Å². The SMILES string of the molecule is Cn1ccc(CNC(=O)c2ncccc2C(=O)O)n1. The molecular weight excluding hydrogens is 248 g/mol. The summed E-state index contributed by atoms with van der Waals surface area (Å²) in [7, 11) is 1.77. The molecule has 0 saturated heterocycles. The van der Waals surface area contributed by atoms with E-state index in [1.807, 2.05) is 0 Å². The normalized spacial score (nSPS) is 10.2. The molecule has 0 radical (unpaired) electrons. The van der Waals surface area contributed by atoms with Gasteiger partial charge in [0.05, 0.1) is 17.8 Å². The van der Waals surface area contributed by atoms with Gasteiger partial charge in [-0.05, 0) is 18.2 Å². The Balaban J connectivity index is 2.10. The largest absolute Gasteiger partial charge is 0.478 e. The summed E-state index contributed by atoms with van der Waals surface area (Å²) < 4.78 is 1.62. The van der Waals surface area contributed by atoms with Gasteiger partial charge < -0.3 is 10.4 Å². The summed E-state index contributed by atoms with van der Waals surface area (Å²) in [5.41, 5.74) is 0.454. The van der Waals surface area contributed by atoms with Crippen LogP contribution in [0.2, 0.25) is 0 Å². The number of pyridine rings is 1. The molecule has 0 aliphatic rings. The van der Waals surface area contributed by atoms with Gasteiger partial charge in [-0.15, -0.1) is 0 Å². The number of aromatic nitrogens is 3. The Morgan fingerprint density at radius 1 is 1.42 bits per heavy atom. The summed E-state index contributed by atoms with van der Waals surface area (Å²) in [6.45, 7) is 0.218. The molecule has 19 heavy (non-hydrogen) atoms. The van der Waals surface area contributed by atoms with Crippen LogP contribution in [-0.4, -0.2) is 31.7 Å². The highest BCUT2D eigenvalue weighted by Crippen LogP contribution is 2.05. The van der Waals surface area contributed by atoms with Gasteiger partial charge in [0.15, 0.2) is 0 Å². The monoisotopic (exact) mass is 260 g/mol. The Morgan fingerprint density at radius 3 is 2.84 bits per heavy atom. The lowest BCUT2D eigenvalue weighted by molar-refractivity contribution is 0.0690. The maximum Gasteiger partial charge on any atom is 0.338 e. The number of amides is 1. The van der Waals surface area contributed by atoms with E-state index < -0.39 is 11.9 Å². The lowest BCUT2D eigenvalue weighted by Gasteiger charge is -2.05. The molecule has 0 aromatic carbocycles. The molecule has 2 N–H and O–H groups in total. The average Bonchev–Trinajstić information content (AvgIpc) is 2.81. The third-order valence-corrected chi connectivity index (χ3v) is 2.45. The minimum absolute atomic E-state index is 0.106. The lowest BCUT2D eigenvalue weighted by Crippen LogP contribution is -2.26. The highest BCUT2D eigenvalue weighted by atomic mass is 16.4. The van der Waals surface area contributed by atoms with Crippen LogP contribution in [0.5, 0.6) is 0 Å². The molecule has 1 amide bonds. The molecule has 0 spiro atoms. The van der Waals surface area contributed by atoms with Gasteiger partial charge in [0.1, 0.15) is 5.69 Å². The van der Waals surface area contributed by atoms with E-state index in [4.69, 9.17) is 5.11 Å². The number of aryl methyl sites for hydroxylation is 1. The van der Waals surface area contributed by atoms with Gasteiger partial charge in [-0.25, -0.2) is 4.79 Å². The van der Waals surface area contributed by atoms with Crippen molar-refractivity contribution in [2.45, 2.75) is 6.54 Å². The van der Waals surface area contributed by atoms with E-state index >= 15 is 0 Å². The fourth-order valence-corrected chi connectivity index (χ4v) is 1.57. The van der Waals surface area contributed by atoms with Crippen LogP contribution in [0.15, 0.2) is 30.6 Å². The zero-order valence-electron chi connectivity index (χ0n) is 10.2. The van der Waals surface area contributed by atoms with E-state index in [1.165, 1.54) is 18.3 Å². The molecule has 0 aliphatic carbocycles. The summed E-state index contributed by atoms with van der Waals surface area (Å²) in [6, 6.07) is 4.57. The zero-order chi connectivity index (χ0) is 13.8. The molecule has 2 heterocycles. The van der Waals surface area contributed by atoms with Crippen molar-refractivity contribution in [3.05, 3.63) is 47.5 Å². The maximum absolute atomic E-state index is 11.9. The number of hydrogen-bond acceptors (Lipinski definition) is 4. The summed E-state index contributed by atoms with van der Waals surface area (Å²) >= 11 is 0. The minimum atomic E-state index is -1.18. The molecule has 0 saturated carbocycles. The van der Waals surface area contributed by atoms with Gasteiger partial charge in [0, 0.05) is 19.4 Å². The smallest absolute Gasteiger partial charge is 0.338 e. The molecule has 2 aromatic heterocycles. The predicted molar refractivity (Wildman–Crippen MR) is 65.6 cm³/mol. The second-order valence-corrected chi connectivity index (χ2v) is 3.87. The fraction of sp³-hybridized carbons (Fsp3) is 0.167. The lowest BCUT2D eigenvalue weighted by atomic mass is 10.2. The molecule has 98 valence electrons. The Hall–Kier alpha value is -2.70. The summed E-state index contributed by atoms with van der Waals surface area (Å²) in [4.78, 5) is 26.6. The Morgan fingerprint density at radius 2 is 2.21 bits per heavy atom. The highest BCUT2D eigenvalue weighted by molar-refractivity contribution is 6.03. The first-order valence-corrected chi connectivity index (χ1v) is 5.53. The van der Waals surface area contributed by atoms with Gasteiger partial charge in [-0.3, -0.25) is 14.5 Å². The quantitative estimate of drug-likeness (QED) is 0.831. The summed E-state index contributed by atoms with van der Waals surface area (Å²) in [5.74, 6) is -1.72. The molecule has 0 unspecified atom stereocenters. The van der Waals surface area contributed by atoms with E-state index in [1.54, 1.807) is 24.0 Å². The molecule has 7 heteroatoms. The molecule has 0 aliphatic heterocycles. The molecule has 0 fully saturated rings. The average molecular weight is 260 g/mol. The van der Waals surface area contributed by atoms with Crippen molar-refractivity contribution >= 4 is 11.9 Å². The first-order valence-electron chi connectivity index (χ1n) is 5.53. The van der Waals surface area contributed by atoms with Crippen LogP contribution in [0.4, 0.5) is 0 Å². The summed E-state index contributed by atoms with van der Waals surface area (Å²) in [6.07, 6.45) is 3.13. The third-order valence-electron chi connectivity index (χ3n) is 2.45. The van der Waals surface area contributed by atoms with Gasteiger partial charge in [-0.2, -0.15) is 5.10 Å². The van der Waals surface area contributed by atoms with Crippen LogP contribution in [0.1, 0.15) is 26.5 Å². The molecule has 2 rings (SSSR count). The van der Waals surface area contributed by atoms with E-state index in [0.29, 0.717) is 5.69 Å². The maximum atomic E-state index is 11.9. The van der Waals surface area contributed by atoms with Crippen LogP contribution >= 0.6 is 0 Å². The van der Waals surface area contributed by atoms with Crippen LogP contribution < -0.4 is 5.32 Å². The first kappa shape index (κ1) is 12.7. The molecule has 7 nitrogen and oxygen atoms in total. The number of aromatic carboxylic acids is 1. The second-order valence-electron chi connectivity index (χ2n) is 3.87. The number of hydrogen-bond donors (Lipinski definition) is 2. The number of nitrogens with zero attached hydrogens (tertiary/aromatic N) is 3. The number of rotatable bonds is 4. The number of carboxylic acid groups (broad SMARTS) is 1. The fourth-order valence-electron chi connectivity index (χ4n) is 1.57. The second kappa shape index (κ2) is 5.30. The van der Waals surface area contributed by atoms with Crippen molar-refractivity contribution in [3.8, 4) is 0 Å². The van der Waals surface area contributed by atoms with Crippen molar-refractivity contribution in [1.29, 1.82) is 0 Å². The van der Waals surface area contributed by atoms with Gasteiger partial charge in [0.2, 0.25) is 0 Å². The molecule has 0 bridgehead atoms. The van der Waals surface area contributed by atoms with Crippen LogP contribution in [0.3, 0.4) is 0 Å². The first-order chi connectivity index (χ1) is 9.08. The van der Waals surface area contributed by atoms with E-state index in [2.05, 4.69) is 15.4 Å². The van der Waals surface area contributed by atoms with Crippen LogP contribution in [-0.2, 0) is 13.6 Å². The van der Waals surface area contributed by atoms with Gasteiger partial charge in [0.25, 0.3) is 5.91 Å². The van der Waals surface area contributed by atoms with Crippen LogP contribution in [0, 0.1) is 0 Å². The van der Waals surface area contributed by atoms with Crippen molar-refractivity contribution in [3.63, 3.8) is 0 Å². The van der Waals surface area contributed by atoms with Crippen molar-refractivity contribution in [1.82, 2.24) is 20.1 Å². The number of carbonyl (C=O) groups is 2. The van der Waals surface area contributed by atoms with Crippen molar-refractivity contribution < 1.29 is 14.7 Å². The summed E-state index contributed by atoms with van der Waals surface area (Å²) in [5, 5.41) is 15.6. The van der Waals surface area contributed by atoms with E-state index in [9.17, 15) is 9.59 Å². The Kier molecular flexibility index (Phi) is 3.56. The Labute approximate surface area is 108 Å². The molecule has 0 atom stereocenters. The minimum Gasteiger partial charge on any atom is -0.478 e. The third kappa shape index (κ3) is 2.95. The van der Waals surface area contributed by atoms with E-state index in [-0.39, 0.29) is 17.8 Å². The number of nitrogens with one attached hydrogen (secondary N) is 1. The topological polar surface area (TPSA) is 97.1 Å². The number of carbonyl (C=O) groups excluding carboxylic acids is 1. The standard InChI is InChI=1S/C12H12N4O3/c1-16-6-4-8(15-16)7-14-11(17)10-9(12(18)19)3-2-5-13-10/h2-6H,7H2,1H3,(H,14,17)(H,18,19). The molecular formula is C12H12N4O3. The zero-order valence-corrected chi connectivity index (χ0v) is 10.2. The van der Waals surface area contributed by atoms with E-state index in [0.717, 1.165) is 0 Å². The van der Waals surface area contributed by atoms with Crippen molar-refractivity contribution in [2.24, 2.45) is 7.05 Å². The highest BCUT2D eigenvalue weighted by Gasteiger charge is 2.17. The molecule has 2 aromatic rings. The van der Waals surface area contributed by atoms with Gasteiger partial charge in [-0.1, -0.05) is 0 Å². The Bertz CT molecular complexity index is 621. The van der Waals surface area contributed by atoms with Crippen LogP contribution in [0.25, 0.3) is 0 Å². The van der Waals surface area contributed by atoms with Gasteiger partial charge >= 0.3 is 5.97 Å².